The van der Waals surface area contributed by atoms with Gasteiger partial charge in [-0.3, -0.25) is 3.07 Å². The van der Waals surface area contributed by atoms with E-state index in [0.717, 1.165) is 0 Å². The standard InChI is InChI=1S/CH2IO2/c3-1-2-4/h1H2. The molecule has 0 amide bonds. The quantitative estimate of drug-likeness (QED) is 0.424. The lowest BCUT2D eigenvalue weighted by atomic mass is 11.8. The van der Waals surface area contributed by atoms with E-state index in [4.69, 9.17) is 8.18 Å². The Morgan fingerprint density at radius 1 is 1.75 bits per heavy atom. The Kier molecular flexibility index (Phi) is 3.92. The zero-order chi connectivity index (χ0) is 3.41. The molecular formula is CH2IO2. The third-order valence-corrected chi connectivity index (χ3v) is 0.299. The predicted molar refractivity (Wildman–Crippen MR) is 20.3 cm³/mol. The highest BCUT2D eigenvalue weighted by molar-refractivity contribution is 14.1. The van der Waals surface area contributed by atoms with Crippen LogP contribution in [-0.4, -0.2) is 4.61 Å². The summed E-state index contributed by atoms with van der Waals surface area (Å²) >= 11 is -1.19. The van der Waals surface area contributed by atoms with Crippen molar-refractivity contribution in [1.82, 2.24) is 0 Å². The maximum atomic E-state index is 9.10. The molecule has 0 fully saturated rings. The van der Waals surface area contributed by atoms with E-state index in [-0.39, 0.29) is 4.61 Å². The van der Waals surface area contributed by atoms with Gasteiger partial charge in [0.2, 0.25) is 0 Å². The second-order valence-corrected chi connectivity index (χ2v) is 1.46. The fourth-order valence-corrected chi connectivity index (χ4v) is 0. The predicted octanol–water partition coefficient (Wildman–Crippen LogP) is 0.691. The topological polar surface area (TPSA) is 37.0 Å². The summed E-state index contributed by atoms with van der Waals surface area (Å²) in [6, 6.07) is 0. The van der Waals surface area contributed by atoms with Crippen molar-refractivity contribution in [3.05, 3.63) is 0 Å². The van der Waals surface area contributed by atoms with Crippen molar-refractivity contribution >= 4 is 21.2 Å². The third-order valence-electron chi connectivity index (χ3n) is 0.0445. The fourth-order valence-electron chi connectivity index (χ4n) is 0. The number of alkyl halides is 1. The van der Waals surface area contributed by atoms with Gasteiger partial charge in [0.1, 0.15) is 0 Å². The first kappa shape index (κ1) is 4.49. The van der Waals surface area contributed by atoms with Gasteiger partial charge in [-0.2, -0.15) is 0 Å². The zero-order valence-electron chi connectivity index (χ0n) is 1.90. The minimum absolute atomic E-state index is 0.376. The summed E-state index contributed by atoms with van der Waals surface area (Å²) in [6.07, 6.45) is 0. The van der Waals surface area contributed by atoms with Gasteiger partial charge in [-0.25, -0.2) is 5.11 Å². The van der Waals surface area contributed by atoms with Gasteiger partial charge in [-0.05, 0) is 0 Å². The summed E-state index contributed by atoms with van der Waals surface area (Å²) in [4.78, 5) is 0. The van der Waals surface area contributed by atoms with Crippen LogP contribution in [0.3, 0.4) is 0 Å². The van der Waals surface area contributed by atoms with Crippen LogP contribution in [0.15, 0.2) is 0 Å². The van der Waals surface area contributed by atoms with Crippen LogP contribution in [0.25, 0.3) is 0 Å². The van der Waals surface area contributed by atoms with Gasteiger partial charge in [0, 0.05) is 0 Å². The van der Waals surface area contributed by atoms with Crippen LogP contribution in [0.5, 0.6) is 0 Å². The van der Waals surface area contributed by atoms with Crippen LogP contribution < -0.4 is 0 Å². The number of halogens is 1. The summed E-state index contributed by atoms with van der Waals surface area (Å²) in [5.74, 6) is 0. The Hall–Kier alpha value is 0.490. The molecular weight excluding hydrogens is 171 g/mol. The molecule has 0 saturated carbocycles. The van der Waals surface area contributed by atoms with Crippen molar-refractivity contribution in [2.75, 3.05) is 4.61 Å². The second-order valence-electron chi connectivity index (χ2n) is 0.218. The molecule has 0 aromatic heterocycles. The lowest BCUT2D eigenvalue weighted by Crippen LogP contribution is -1.46. The van der Waals surface area contributed by atoms with E-state index in [0.29, 0.717) is 0 Å². The molecule has 0 N–H and O–H groups in total. The molecule has 2 nitrogen and oxygen atoms in total. The molecule has 3 heteroatoms. The Morgan fingerprint density at radius 3 is 2.00 bits per heavy atom. The maximum absolute atomic E-state index is 9.10. The number of hydrogen-bond acceptors (Lipinski definition) is 1. The first-order valence-corrected chi connectivity index (χ1v) is 3.12. The van der Waals surface area contributed by atoms with Gasteiger partial charge < -0.3 is 0 Å². The van der Waals surface area contributed by atoms with E-state index < -0.39 is 21.2 Å². The molecule has 0 rings (SSSR count). The number of hydrogen-bond donors (Lipinski definition) is 0. The smallest absolute Gasteiger partial charge is 0.176 e. The van der Waals surface area contributed by atoms with Gasteiger partial charge in [0.25, 0.3) is 0 Å². The van der Waals surface area contributed by atoms with Crippen LogP contribution in [0.1, 0.15) is 0 Å². The molecule has 0 aromatic rings. The molecule has 0 bridgehead atoms. The van der Waals surface area contributed by atoms with E-state index in [1.807, 2.05) is 0 Å². The minimum atomic E-state index is -1.19. The molecule has 4 heavy (non-hydrogen) atoms. The monoisotopic (exact) mass is 173 g/mol. The maximum Gasteiger partial charge on any atom is 0.176 e. The summed E-state index contributed by atoms with van der Waals surface area (Å²) < 4.78 is 8.72. The number of rotatable bonds is 1. The average molecular weight is 173 g/mol. The van der Waals surface area contributed by atoms with Crippen LogP contribution in [-0.2, 0) is 8.18 Å². The van der Waals surface area contributed by atoms with Crippen LogP contribution in [0.2, 0.25) is 0 Å². The molecule has 0 aliphatic heterocycles. The van der Waals surface area contributed by atoms with Gasteiger partial charge in [0.05, 0.1) is 0 Å². The van der Waals surface area contributed by atoms with E-state index in [1.54, 1.807) is 0 Å². The highest BCUT2D eigenvalue weighted by Gasteiger charge is 1.59. The third kappa shape index (κ3) is 2.49. The molecule has 1 radical (unpaired) electrons. The molecule has 0 unspecified atom stereocenters. The van der Waals surface area contributed by atoms with Crippen molar-refractivity contribution in [1.29, 1.82) is 0 Å². The van der Waals surface area contributed by atoms with Gasteiger partial charge in [-0.15, -0.1) is 0 Å². The average Bonchev–Trinajstić information content (AvgIpc) is 1.37. The van der Waals surface area contributed by atoms with E-state index in [9.17, 15) is 0 Å². The Balaban J connectivity index is 2.30. The summed E-state index contributed by atoms with van der Waals surface area (Å²) in [5.41, 5.74) is 0. The van der Waals surface area contributed by atoms with E-state index in [2.05, 4.69) is 0 Å². The first-order chi connectivity index (χ1) is 1.91. The molecule has 0 heterocycles. The molecule has 0 aliphatic rings. The highest BCUT2D eigenvalue weighted by atomic mass is 127. The van der Waals surface area contributed by atoms with Crippen molar-refractivity contribution in [2.24, 2.45) is 0 Å². The molecule has 25 valence electrons. The molecule has 0 aromatic carbocycles. The van der Waals surface area contributed by atoms with E-state index >= 15 is 0 Å². The van der Waals surface area contributed by atoms with Crippen LogP contribution in [0, 0.1) is 0 Å². The Morgan fingerprint density at radius 2 is 2.00 bits per heavy atom. The SMILES string of the molecule is [O]CI=O. The van der Waals surface area contributed by atoms with Gasteiger partial charge in [0.15, 0.2) is 25.8 Å². The van der Waals surface area contributed by atoms with Crippen molar-refractivity contribution in [3.8, 4) is 0 Å². The fraction of sp³-hybridized carbons (Fsp3) is 1.00. The molecule has 0 aliphatic carbocycles. The van der Waals surface area contributed by atoms with Crippen molar-refractivity contribution in [3.63, 3.8) is 0 Å². The highest BCUT2D eigenvalue weighted by Crippen LogP contribution is 1.81. The summed E-state index contributed by atoms with van der Waals surface area (Å²) in [7, 11) is 0. The van der Waals surface area contributed by atoms with Crippen LogP contribution in [0.4, 0.5) is 0 Å². The lowest BCUT2D eigenvalue weighted by molar-refractivity contribution is 0.270. The first-order valence-electron chi connectivity index (χ1n) is 0.710. The summed E-state index contributed by atoms with van der Waals surface area (Å²) in [6.45, 7) is 0. The normalized spacial score (nSPS) is 7.25. The molecule has 0 spiro atoms. The largest absolute Gasteiger partial charge is 0.268 e. The molecule has 0 atom stereocenters. The van der Waals surface area contributed by atoms with E-state index in [1.165, 1.54) is 0 Å². The van der Waals surface area contributed by atoms with Gasteiger partial charge in [-0.1, -0.05) is 0 Å². The zero-order valence-corrected chi connectivity index (χ0v) is 4.06. The van der Waals surface area contributed by atoms with Crippen molar-refractivity contribution in [2.45, 2.75) is 0 Å². The lowest BCUT2D eigenvalue weighted by Gasteiger charge is -1.46. The minimum Gasteiger partial charge on any atom is -0.268 e. The second kappa shape index (κ2) is 3.49. The summed E-state index contributed by atoms with van der Waals surface area (Å²) in [5, 5.41) is 9.04. The van der Waals surface area contributed by atoms with Gasteiger partial charge >= 0.3 is 0 Å². The Labute approximate surface area is 34.5 Å². The Bertz CT molecular complexity index is 20.0. The van der Waals surface area contributed by atoms with Crippen LogP contribution >= 0.6 is 21.2 Å². The van der Waals surface area contributed by atoms with Crippen molar-refractivity contribution < 1.29 is 8.18 Å². The molecule has 0 saturated heterocycles.